The van der Waals surface area contributed by atoms with Gasteiger partial charge in [0.1, 0.15) is 11.8 Å². The van der Waals surface area contributed by atoms with Gasteiger partial charge in [-0.15, -0.1) is 0 Å². The molecule has 3 aromatic rings. The Bertz CT molecular complexity index is 987. The van der Waals surface area contributed by atoms with E-state index in [1.165, 1.54) is 0 Å². The molecular formula is C22H22ClN3O3. The van der Waals surface area contributed by atoms with Gasteiger partial charge in [0.15, 0.2) is 0 Å². The molecule has 3 heterocycles. The molecule has 7 heteroatoms. The Hall–Kier alpha value is -2.86. The van der Waals surface area contributed by atoms with Crippen LogP contribution in [0.5, 0.6) is 5.88 Å². The van der Waals surface area contributed by atoms with Gasteiger partial charge in [-0.25, -0.2) is 9.97 Å². The normalized spacial score (nSPS) is 16.6. The van der Waals surface area contributed by atoms with Crippen molar-refractivity contribution in [3.63, 3.8) is 0 Å². The largest absolute Gasteiger partial charge is 0.481 e. The van der Waals surface area contributed by atoms with Gasteiger partial charge in [-0.05, 0) is 43.0 Å². The van der Waals surface area contributed by atoms with Crippen LogP contribution in [-0.4, -0.2) is 34.4 Å². The minimum Gasteiger partial charge on any atom is -0.481 e. The van der Waals surface area contributed by atoms with Gasteiger partial charge in [0, 0.05) is 30.3 Å². The maximum Gasteiger partial charge on any atom is 0.256 e. The fourth-order valence-corrected chi connectivity index (χ4v) is 3.84. The van der Waals surface area contributed by atoms with Crippen molar-refractivity contribution in [1.29, 1.82) is 0 Å². The Kier molecular flexibility index (Phi) is 5.81. The monoisotopic (exact) mass is 411 g/mol. The van der Waals surface area contributed by atoms with Crippen LogP contribution in [-0.2, 0) is 6.42 Å². The summed E-state index contributed by atoms with van der Waals surface area (Å²) in [6.07, 6.45) is 6.71. The second-order valence-electron chi connectivity index (χ2n) is 7.07. The summed E-state index contributed by atoms with van der Waals surface area (Å²) in [5, 5.41) is 0.694. The summed E-state index contributed by atoms with van der Waals surface area (Å²) in [6.45, 7) is 0.668. The molecular weight excluding hydrogens is 390 g/mol. The van der Waals surface area contributed by atoms with E-state index >= 15 is 0 Å². The van der Waals surface area contributed by atoms with Gasteiger partial charge >= 0.3 is 0 Å². The molecule has 0 radical (unpaired) electrons. The van der Waals surface area contributed by atoms with E-state index in [0.717, 1.165) is 30.6 Å². The van der Waals surface area contributed by atoms with Crippen molar-refractivity contribution in [1.82, 2.24) is 14.9 Å². The number of hydrogen-bond acceptors (Lipinski definition) is 5. The summed E-state index contributed by atoms with van der Waals surface area (Å²) in [4.78, 5) is 23.5. The van der Waals surface area contributed by atoms with Crippen LogP contribution < -0.4 is 4.74 Å². The van der Waals surface area contributed by atoms with Gasteiger partial charge in [-0.2, -0.15) is 0 Å². The second kappa shape index (κ2) is 8.66. The number of carbonyl (C=O) groups is 1. The van der Waals surface area contributed by atoms with Crippen molar-refractivity contribution in [3.05, 3.63) is 76.6 Å². The maximum absolute atomic E-state index is 13.1. The molecule has 0 N–H and O–H groups in total. The van der Waals surface area contributed by atoms with E-state index in [4.69, 9.17) is 20.8 Å². The Morgan fingerprint density at radius 2 is 2.14 bits per heavy atom. The molecule has 1 saturated heterocycles. The number of nitrogens with zero attached hydrogens (tertiary/aromatic N) is 3. The molecule has 1 aromatic carbocycles. The topological polar surface area (TPSA) is 68.5 Å². The average molecular weight is 412 g/mol. The molecule has 0 bridgehead atoms. The molecule has 0 unspecified atom stereocenters. The Balaban J connectivity index is 1.52. The van der Waals surface area contributed by atoms with Crippen molar-refractivity contribution >= 4 is 17.5 Å². The van der Waals surface area contributed by atoms with E-state index in [0.29, 0.717) is 35.3 Å². The lowest BCUT2D eigenvalue weighted by molar-refractivity contribution is 0.0569. The molecule has 2 aromatic heterocycles. The summed E-state index contributed by atoms with van der Waals surface area (Å²) in [6, 6.07) is 10.9. The average Bonchev–Trinajstić information content (AvgIpc) is 3.21. The number of oxazole rings is 1. The number of pyridine rings is 1. The smallest absolute Gasteiger partial charge is 0.256 e. The fourth-order valence-electron chi connectivity index (χ4n) is 3.63. The number of likely N-dealkylation sites (tertiary alicyclic amines) is 1. The summed E-state index contributed by atoms with van der Waals surface area (Å²) in [5.74, 6) is 1.75. The van der Waals surface area contributed by atoms with Gasteiger partial charge < -0.3 is 14.1 Å². The molecule has 1 atom stereocenters. The molecule has 1 fully saturated rings. The number of methoxy groups -OCH3 is 1. The first kappa shape index (κ1) is 19.5. The van der Waals surface area contributed by atoms with Crippen LogP contribution in [0.1, 0.15) is 52.9 Å². The third-order valence-electron chi connectivity index (χ3n) is 5.08. The number of hydrogen-bond donors (Lipinski definition) is 0. The first-order chi connectivity index (χ1) is 14.1. The molecule has 0 saturated carbocycles. The molecule has 1 aliphatic heterocycles. The number of ether oxygens (including phenoxy) is 1. The summed E-state index contributed by atoms with van der Waals surface area (Å²) < 4.78 is 11.1. The number of rotatable bonds is 5. The van der Waals surface area contributed by atoms with E-state index < -0.39 is 0 Å². The zero-order valence-electron chi connectivity index (χ0n) is 16.2. The van der Waals surface area contributed by atoms with E-state index in [-0.39, 0.29) is 11.9 Å². The summed E-state index contributed by atoms with van der Waals surface area (Å²) in [5.41, 5.74) is 1.59. The fraction of sp³-hybridized carbons (Fsp3) is 0.318. The van der Waals surface area contributed by atoms with Crippen molar-refractivity contribution in [2.45, 2.75) is 31.7 Å². The SMILES string of the molecule is COc1ccc(C(=O)N2CCCC[C@@H]2c2ncc(Cc3cccc(Cl)c3)o2)cn1. The predicted octanol–water partition coefficient (Wildman–Crippen LogP) is 4.69. The van der Waals surface area contributed by atoms with Crippen LogP contribution in [0.15, 0.2) is 53.2 Å². The Morgan fingerprint density at radius 1 is 1.24 bits per heavy atom. The summed E-state index contributed by atoms with van der Waals surface area (Å²) >= 11 is 6.07. The number of carbonyl (C=O) groups excluding carboxylic acids is 1. The van der Waals surface area contributed by atoms with E-state index in [9.17, 15) is 4.79 Å². The highest BCUT2D eigenvalue weighted by Crippen LogP contribution is 2.32. The highest BCUT2D eigenvalue weighted by atomic mass is 35.5. The van der Waals surface area contributed by atoms with Crippen molar-refractivity contribution < 1.29 is 13.9 Å². The number of benzene rings is 1. The summed E-state index contributed by atoms with van der Waals surface area (Å²) in [7, 11) is 1.55. The van der Waals surface area contributed by atoms with Crippen molar-refractivity contribution in [2.75, 3.05) is 13.7 Å². The first-order valence-electron chi connectivity index (χ1n) is 9.64. The highest BCUT2D eigenvalue weighted by Gasteiger charge is 2.32. The quantitative estimate of drug-likeness (QED) is 0.609. The van der Waals surface area contributed by atoms with Gasteiger partial charge in [-0.1, -0.05) is 23.7 Å². The predicted molar refractivity (Wildman–Crippen MR) is 109 cm³/mol. The van der Waals surface area contributed by atoms with Crippen LogP contribution in [0, 0.1) is 0 Å². The van der Waals surface area contributed by atoms with Crippen molar-refractivity contribution in [2.24, 2.45) is 0 Å². The van der Waals surface area contributed by atoms with Gasteiger partial charge in [-0.3, -0.25) is 4.79 Å². The third-order valence-corrected chi connectivity index (χ3v) is 5.32. The second-order valence-corrected chi connectivity index (χ2v) is 7.51. The zero-order chi connectivity index (χ0) is 20.2. The molecule has 6 nitrogen and oxygen atoms in total. The van der Waals surface area contributed by atoms with Crippen LogP contribution in [0.4, 0.5) is 0 Å². The molecule has 150 valence electrons. The van der Waals surface area contributed by atoms with E-state index in [2.05, 4.69) is 9.97 Å². The van der Waals surface area contributed by atoms with Gasteiger partial charge in [0.2, 0.25) is 11.8 Å². The Labute approximate surface area is 174 Å². The lowest BCUT2D eigenvalue weighted by atomic mass is 10.0. The van der Waals surface area contributed by atoms with Crippen LogP contribution in [0.2, 0.25) is 5.02 Å². The molecule has 1 amide bonds. The van der Waals surface area contributed by atoms with Gasteiger partial charge in [0.25, 0.3) is 5.91 Å². The van der Waals surface area contributed by atoms with Crippen LogP contribution >= 0.6 is 11.6 Å². The third kappa shape index (κ3) is 4.43. The van der Waals surface area contributed by atoms with Crippen LogP contribution in [0.3, 0.4) is 0 Å². The van der Waals surface area contributed by atoms with E-state index in [1.807, 2.05) is 29.2 Å². The molecule has 0 spiro atoms. The number of piperidine rings is 1. The molecule has 29 heavy (non-hydrogen) atoms. The highest BCUT2D eigenvalue weighted by molar-refractivity contribution is 6.30. The van der Waals surface area contributed by atoms with Crippen LogP contribution in [0.25, 0.3) is 0 Å². The van der Waals surface area contributed by atoms with E-state index in [1.54, 1.807) is 31.6 Å². The number of halogens is 1. The Morgan fingerprint density at radius 3 is 2.90 bits per heavy atom. The minimum atomic E-state index is -0.175. The van der Waals surface area contributed by atoms with Gasteiger partial charge in [0.05, 0.1) is 18.9 Å². The molecule has 1 aliphatic rings. The van der Waals surface area contributed by atoms with Crippen molar-refractivity contribution in [3.8, 4) is 5.88 Å². The standard InChI is InChI=1S/C22H22ClN3O3/c1-28-20-9-8-16(13-24-20)22(27)26-10-3-2-7-19(26)21-25-14-18(29-21)12-15-5-4-6-17(23)11-15/h4-6,8-9,11,13-14,19H,2-3,7,10,12H2,1H3/t19-/m1/s1. The number of amides is 1. The molecule has 0 aliphatic carbocycles. The lowest BCUT2D eigenvalue weighted by Crippen LogP contribution is -2.38. The lowest BCUT2D eigenvalue weighted by Gasteiger charge is -2.33. The zero-order valence-corrected chi connectivity index (χ0v) is 16.9. The first-order valence-corrected chi connectivity index (χ1v) is 10.0. The minimum absolute atomic E-state index is 0.0700. The molecule has 4 rings (SSSR count). The number of aromatic nitrogens is 2. The maximum atomic E-state index is 13.1.